The summed E-state index contributed by atoms with van der Waals surface area (Å²) < 4.78 is 1.83. The van der Waals surface area contributed by atoms with E-state index >= 15 is 0 Å². The molecule has 1 N–H and O–H groups in total. The van der Waals surface area contributed by atoms with E-state index in [1.807, 2.05) is 37.3 Å². The number of anilines is 1. The number of aromatic nitrogens is 1. The minimum absolute atomic E-state index is 0.161. The summed E-state index contributed by atoms with van der Waals surface area (Å²) in [6, 6.07) is 15.6. The zero-order chi connectivity index (χ0) is 17.1. The topological polar surface area (TPSA) is 42.0 Å². The molecular formula is C18H14Br2N2OS. The van der Waals surface area contributed by atoms with Crippen LogP contribution in [-0.2, 0) is 6.42 Å². The summed E-state index contributed by atoms with van der Waals surface area (Å²) in [5, 5.41) is 3.51. The number of amides is 1. The molecule has 0 saturated heterocycles. The maximum atomic E-state index is 12.4. The monoisotopic (exact) mass is 464 g/mol. The first-order chi connectivity index (χ1) is 11.5. The molecule has 122 valence electrons. The van der Waals surface area contributed by atoms with Gasteiger partial charge in [0.2, 0.25) is 0 Å². The highest BCUT2D eigenvalue weighted by molar-refractivity contribution is 9.10. The second kappa shape index (κ2) is 7.59. The Morgan fingerprint density at radius 2 is 1.83 bits per heavy atom. The van der Waals surface area contributed by atoms with Gasteiger partial charge in [0.25, 0.3) is 5.91 Å². The predicted molar refractivity (Wildman–Crippen MR) is 106 cm³/mol. The highest BCUT2D eigenvalue weighted by atomic mass is 79.9. The molecule has 3 rings (SSSR count). The van der Waals surface area contributed by atoms with Crippen molar-refractivity contribution >= 4 is 54.2 Å². The van der Waals surface area contributed by atoms with E-state index in [-0.39, 0.29) is 5.91 Å². The van der Waals surface area contributed by atoms with Gasteiger partial charge < -0.3 is 0 Å². The van der Waals surface area contributed by atoms with Crippen molar-refractivity contribution in [2.75, 3.05) is 5.32 Å². The lowest BCUT2D eigenvalue weighted by Crippen LogP contribution is -2.12. The zero-order valence-corrected chi connectivity index (χ0v) is 16.8. The Balaban J connectivity index is 1.75. The summed E-state index contributed by atoms with van der Waals surface area (Å²) in [5.41, 5.74) is 2.76. The van der Waals surface area contributed by atoms with E-state index in [0.717, 1.165) is 25.9 Å². The van der Waals surface area contributed by atoms with Crippen LogP contribution >= 0.6 is 43.2 Å². The van der Waals surface area contributed by atoms with Crippen molar-refractivity contribution in [3.05, 3.63) is 79.2 Å². The van der Waals surface area contributed by atoms with Crippen LogP contribution in [0.15, 0.2) is 57.5 Å². The number of benzene rings is 2. The number of nitrogens with one attached hydrogen (secondary N) is 1. The Bertz CT molecular complexity index is 875. The second-order valence-corrected chi connectivity index (χ2v) is 8.12. The van der Waals surface area contributed by atoms with E-state index in [1.54, 1.807) is 6.07 Å². The smallest absolute Gasteiger partial charge is 0.258 e. The van der Waals surface area contributed by atoms with E-state index in [1.165, 1.54) is 16.9 Å². The standard InChI is InChI=1S/C18H14Br2N2OS/c1-11-16(10-12-6-8-13(19)9-7-12)24-18(21-11)22-17(23)14-4-2-3-5-15(14)20/h2-9H,10H2,1H3,(H,21,22,23). The van der Waals surface area contributed by atoms with Gasteiger partial charge in [0.1, 0.15) is 0 Å². The normalized spacial score (nSPS) is 10.6. The van der Waals surface area contributed by atoms with Gasteiger partial charge in [-0.05, 0) is 52.7 Å². The Morgan fingerprint density at radius 3 is 2.54 bits per heavy atom. The van der Waals surface area contributed by atoms with Gasteiger partial charge in [-0.15, -0.1) is 11.3 Å². The van der Waals surface area contributed by atoms with Gasteiger partial charge in [0, 0.05) is 20.2 Å². The van der Waals surface area contributed by atoms with Crippen molar-refractivity contribution in [2.45, 2.75) is 13.3 Å². The molecule has 0 spiro atoms. The number of hydrogen-bond donors (Lipinski definition) is 1. The number of carbonyl (C=O) groups excluding carboxylic acids is 1. The molecular weight excluding hydrogens is 452 g/mol. The second-order valence-electron chi connectivity index (χ2n) is 5.26. The lowest BCUT2D eigenvalue weighted by Gasteiger charge is -2.03. The average Bonchev–Trinajstić information content (AvgIpc) is 2.89. The SMILES string of the molecule is Cc1nc(NC(=O)c2ccccc2Br)sc1Cc1ccc(Br)cc1. The molecule has 0 radical (unpaired) electrons. The molecule has 0 saturated carbocycles. The molecule has 0 aliphatic rings. The first-order valence-electron chi connectivity index (χ1n) is 7.29. The molecule has 2 aromatic carbocycles. The quantitative estimate of drug-likeness (QED) is 0.527. The van der Waals surface area contributed by atoms with E-state index in [2.05, 4.69) is 54.3 Å². The summed E-state index contributed by atoms with van der Waals surface area (Å²) in [5.74, 6) is -0.161. The lowest BCUT2D eigenvalue weighted by atomic mass is 10.1. The number of aryl methyl sites for hydroxylation is 1. The highest BCUT2D eigenvalue weighted by Crippen LogP contribution is 2.27. The van der Waals surface area contributed by atoms with Crippen LogP contribution < -0.4 is 5.32 Å². The molecule has 0 aliphatic carbocycles. The van der Waals surface area contributed by atoms with Crippen molar-refractivity contribution < 1.29 is 4.79 Å². The largest absolute Gasteiger partial charge is 0.298 e. The number of carbonyl (C=O) groups is 1. The predicted octanol–water partition coefficient (Wildman–Crippen LogP) is 5.82. The lowest BCUT2D eigenvalue weighted by molar-refractivity contribution is 0.102. The van der Waals surface area contributed by atoms with E-state index < -0.39 is 0 Å². The van der Waals surface area contributed by atoms with Gasteiger partial charge in [-0.25, -0.2) is 4.98 Å². The van der Waals surface area contributed by atoms with Crippen LogP contribution in [0.25, 0.3) is 0 Å². The Hall–Kier alpha value is -1.50. The van der Waals surface area contributed by atoms with Crippen molar-refractivity contribution in [1.29, 1.82) is 0 Å². The van der Waals surface area contributed by atoms with Gasteiger partial charge in [0.15, 0.2) is 5.13 Å². The molecule has 1 amide bonds. The van der Waals surface area contributed by atoms with E-state index in [4.69, 9.17) is 0 Å². The maximum absolute atomic E-state index is 12.4. The third-order valence-corrected chi connectivity index (χ3v) is 5.80. The van der Waals surface area contributed by atoms with Crippen molar-refractivity contribution in [2.24, 2.45) is 0 Å². The van der Waals surface area contributed by atoms with Gasteiger partial charge >= 0.3 is 0 Å². The number of nitrogens with zero attached hydrogens (tertiary/aromatic N) is 1. The molecule has 0 unspecified atom stereocenters. The summed E-state index contributed by atoms with van der Waals surface area (Å²) in [6.45, 7) is 1.97. The fourth-order valence-corrected chi connectivity index (χ4v) is 3.96. The fourth-order valence-electron chi connectivity index (χ4n) is 2.24. The Kier molecular flexibility index (Phi) is 5.48. The number of halogens is 2. The molecule has 0 aliphatic heterocycles. The highest BCUT2D eigenvalue weighted by Gasteiger charge is 2.14. The number of hydrogen-bond acceptors (Lipinski definition) is 3. The molecule has 6 heteroatoms. The number of rotatable bonds is 4. The summed E-state index contributed by atoms with van der Waals surface area (Å²) in [6.07, 6.45) is 0.807. The van der Waals surface area contributed by atoms with Crippen molar-refractivity contribution in [1.82, 2.24) is 4.98 Å². The van der Waals surface area contributed by atoms with Crippen LogP contribution in [0.5, 0.6) is 0 Å². The van der Waals surface area contributed by atoms with Gasteiger partial charge in [-0.2, -0.15) is 0 Å². The van der Waals surface area contributed by atoms with Crippen LogP contribution in [0.3, 0.4) is 0 Å². The summed E-state index contributed by atoms with van der Waals surface area (Å²) in [4.78, 5) is 18.0. The first kappa shape index (κ1) is 17.3. The molecule has 3 nitrogen and oxygen atoms in total. The fraction of sp³-hybridized carbons (Fsp3) is 0.111. The zero-order valence-electron chi connectivity index (χ0n) is 12.8. The van der Waals surface area contributed by atoms with Crippen LogP contribution in [0.1, 0.15) is 26.5 Å². The summed E-state index contributed by atoms with van der Waals surface area (Å²) >= 11 is 8.36. The van der Waals surface area contributed by atoms with Crippen LogP contribution in [0.4, 0.5) is 5.13 Å². The molecule has 0 atom stereocenters. The van der Waals surface area contributed by atoms with Gasteiger partial charge in [-0.3, -0.25) is 10.1 Å². The Morgan fingerprint density at radius 1 is 1.12 bits per heavy atom. The minimum Gasteiger partial charge on any atom is -0.298 e. The van der Waals surface area contributed by atoms with Gasteiger partial charge in [-0.1, -0.05) is 40.2 Å². The molecule has 1 heterocycles. The van der Waals surface area contributed by atoms with E-state index in [9.17, 15) is 4.79 Å². The summed E-state index contributed by atoms with van der Waals surface area (Å²) in [7, 11) is 0. The third-order valence-electron chi connectivity index (χ3n) is 3.51. The van der Waals surface area contributed by atoms with Crippen LogP contribution in [0, 0.1) is 6.92 Å². The maximum Gasteiger partial charge on any atom is 0.258 e. The van der Waals surface area contributed by atoms with Gasteiger partial charge in [0.05, 0.1) is 11.3 Å². The van der Waals surface area contributed by atoms with Crippen molar-refractivity contribution in [3.8, 4) is 0 Å². The van der Waals surface area contributed by atoms with Crippen molar-refractivity contribution in [3.63, 3.8) is 0 Å². The Labute approximate surface area is 161 Å². The molecule has 0 fully saturated rings. The molecule has 0 bridgehead atoms. The van der Waals surface area contributed by atoms with Crippen LogP contribution in [0.2, 0.25) is 0 Å². The average molecular weight is 466 g/mol. The molecule has 1 aromatic heterocycles. The minimum atomic E-state index is -0.161. The molecule has 24 heavy (non-hydrogen) atoms. The van der Waals surface area contributed by atoms with E-state index in [0.29, 0.717) is 10.7 Å². The first-order valence-corrected chi connectivity index (χ1v) is 9.70. The third kappa shape index (κ3) is 4.12. The van der Waals surface area contributed by atoms with Crippen LogP contribution in [-0.4, -0.2) is 10.9 Å². The number of thiazole rings is 1. The molecule has 3 aromatic rings.